The summed E-state index contributed by atoms with van der Waals surface area (Å²) in [5.74, 6) is -0.189. The maximum Gasteiger partial charge on any atom is 0.279 e. The molecular formula is C6H16N4O3S. The van der Waals surface area contributed by atoms with Gasteiger partial charge in [-0.15, -0.1) is 0 Å². The molecule has 7 nitrogen and oxygen atoms in total. The molecule has 0 aliphatic carbocycles. The number of hydrogen-bond donors (Lipinski definition) is 3. The zero-order chi connectivity index (χ0) is 11.4. The number of nitrogens with zero attached hydrogens (tertiary/aromatic N) is 2. The quantitative estimate of drug-likeness (QED) is 0.238. The molecule has 8 heteroatoms. The molecule has 0 heterocycles. The highest BCUT2D eigenvalue weighted by atomic mass is 32.2. The van der Waals surface area contributed by atoms with Gasteiger partial charge in [0.2, 0.25) is 0 Å². The minimum Gasteiger partial charge on any atom is -0.409 e. The minimum absolute atomic E-state index is 0.153. The molecule has 0 radical (unpaired) electrons. The van der Waals surface area contributed by atoms with Gasteiger partial charge in [-0.3, -0.25) is 0 Å². The van der Waals surface area contributed by atoms with Gasteiger partial charge in [0.15, 0.2) is 5.84 Å². The third kappa shape index (κ3) is 3.90. The first-order valence-electron chi connectivity index (χ1n) is 4.00. The largest absolute Gasteiger partial charge is 0.409 e. The van der Waals surface area contributed by atoms with Crippen molar-refractivity contribution in [2.75, 3.05) is 13.6 Å². The molecule has 0 bridgehead atoms. The lowest BCUT2D eigenvalue weighted by molar-refractivity contribution is 0.317. The van der Waals surface area contributed by atoms with Crippen molar-refractivity contribution in [3.8, 4) is 0 Å². The van der Waals surface area contributed by atoms with Crippen LogP contribution in [0.5, 0.6) is 0 Å². The smallest absolute Gasteiger partial charge is 0.279 e. The summed E-state index contributed by atoms with van der Waals surface area (Å²) in [4.78, 5) is 0. The van der Waals surface area contributed by atoms with Crippen LogP contribution in [0.2, 0.25) is 0 Å². The van der Waals surface area contributed by atoms with Gasteiger partial charge >= 0.3 is 0 Å². The first-order chi connectivity index (χ1) is 6.31. The van der Waals surface area contributed by atoms with E-state index >= 15 is 0 Å². The van der Waals surface area contributed by atoms with Crippen LogP contribution < -0.4 is 10.5 Å². The molecule has 0 fully saturated rings. The van der Waals surface area contributed by atoms with Crippen LogP contribution in [0.4, 0.5) is 0 Å². The standard InChI is InChI=1S/C6H16N4O3S/c1-5(2)10(3)14(12,13)8-4-6(7)9-11/h5,8,11H,4H2,1-3H3,(H2,7,9). The van der Waals surface area contributed by atoms with Gasteiger partial charge in [0.05, 0.1) is 6.54 Å². The van der Waals surface area contributed by atoms with Crippen molar-refractivity contribution in [1.82, 2.24) is 9.03 Å². The van der Waals surface area contributed by atoms with E-state index in [0.29, 0.717) is 0 Å². The van der Waals surface area contributed by atoms with Crippen LogP contribution in [0.3, 0.4) is 0 Å². The van der Waals surface area contributed by atoms with Crippen molar-refractivity contribution in [2.24, 2.45) is 10.9 Å². The van der Waals surface area contributed by atoms with Crippen molar-refractivity contribution in [3.63, 3.8) is 0 Å². The molecule has 4 N–H and O–H groups in total. The summed E-state index contributed by atoms with van der Waals surface area (Å²) in [6.07, 6.45) is 0. The van der Waals surface area contributed by atoms with Gasteiger partial charge in [-0.1, -0.05) is 5.16 Å². The molecule has 0 saturated heterocycles. The van der Waals surface area contributed by atoms with Gasteiger partial charge in [-0.05, 0) is 13.8 Å². The second-order valence-electron chi connectivity index (χ2n) is 3.03. The summed E-state index contributed by atoms with van der Waals surface area (Å²) in [5, 5.41) is 10.8. The van der Waals surface area contributed by atoms with Crippen molar-refractivity contribution < 1.29 is 13.6 Å². The summed E-state index contributed by atoms with van der Waals surface area (Å²) in [6, 6.07) is -0.153. The minimum atomic E-state index is -3.55. The molecule has 14 heavy (non-hydrogen) atoms. The van der Waals surface area contributed by atoms with E-state index in [4.69, 9.17) is 10.9 Å². The highest BCUT2D eigenvalue weighted by Gasteiger charge is 2.19. The number of oxime groups is 1. The average Bonchev–Trinajstić information content (AvgIpc) is 2.12. The Kier molecular flexibility index (Phi) is 4.81. The van der Waals surface area contributed by atoms with E-state index in [-0.39, 0.29) is 18.4 Å². The average molecular weight is 224 g/mol. The fourth-order valence-corrected chi connectivity index (χ4v) is 1.67. The molecule has 0 unspecified atom stereocenters. The summed E-state index contributed by atoms with van der Waals surface area (Å²) >= 11 is 0. The Labute approximate surface area is 83.8 Å². The monoisotopic (exact) mass is 224 g/mol. The summed E-state index contributed by atoms with van der Waals surface area (Å²) in [7, 11) is -2.11. The number of nitrogens with one attached hydrogen (secondary N) is 1. The van der Waals surface area contributed by atoms with Crippen LogP contribution in [0, 0.1) is 0 Å². The van der Waals surface area contributed by atoms with E-state index in [0.717, 1.165) is 4.31 Å². The van der Waals surface area contributed by atoms with E-state index in [1.165, 1.54) is 7.05 Å². The van der Waals surface area contributed by atoms with Crippen LogP contribution in [0.15, 0.2) is 5.16 Å². The van der Waals surface area contributed by atoms with Crippen LogP contribution in [-0.4, -0.2) is 43.4 Å². The molecule has 0 spiro atoms. The molecule has 0 rings (SSSR count). The molecule has 0 aliphatic rings. The van der Waals surface area contributed by atoms with E-state index in [1.807, 2.05) is 0 Å². The van der Waals surface area contributed by atoms with Gasteiger partial charge in [0.25, 0.3) is 10.2 Å². The molecule has 0 aromatic rings. The Morgan fingerprint density at radius 2 is 2.14 bits per heavy atom. The lowest BCUT2D eigenvalue weighted by Crippen LogP contribution is -2.44. The molecule has 0 aliphatic heterocycles. The molecule has 0 amide bonds. The second kappa shape index (κ2) is 5.13. The Hall–Kier alpha value is -0.860. The normalized spacial score (nSPS) is 13.9. The molecular weight excluding hydrogens is 208 g/mol. The van der Waals surface area contributed by atoms with E-state index < -0.39 is 10.2 Å². The fraction of sp³-hybridized carbons (Fsp3) is 0.833. The number of rotatable bonds is 5. The zero-order valence-corrected chi connectivity index (χ0v) is 9.24. The van der Waals surface area contributed by atoms with E-state index in [2.05, 4.69) is 9.88 Å². The van der Waals surface area contributed by atoms with Gasteiger partial charge < -0.3 is 10.9 Å². The van der Waals surface area contributed by atoms with Gasteiger partial charge in [-0.2, -0.15) is 17.4 Å². The molecule has 0 saturated carbocycles. The maximum absolute atomic E-state index is 11.4. The van der Waals surface area contributed by atoms with Crippen LogP contribution in [0.1, 0.15) is 13.8 Å². The van der Waals surface area contributed by atoms with Crippen LogP contribution in [-0.2, 0) is 10.2 Å². The number of amidine groups is 1. The van der Waals surface area contributed by atoms with Crippen molar-refractivity contribution >= 4 is 16.0 Å². The first kappa shape index (κ1) is 13.1. The van der Waals surface area contributed by atoms with Gasteiger partial charge in [0, 0.05) is 13.1 Å². The fourth-order valence-electron chi connectivity index (χ4n) is 0.580. The second-order valence-corrected chi connectivity index (χ2v) is 4.84. The maximum atomic E-state index is 11.4. The van der Waals surface area contributed by atoms with Gasteiger partial charge in [-0.25, -0.2) is 0 Å². The lowest BCUT2D eigenvalue weighted by Gasteiger charge is -2.20. The SMILES string of the molecule is CC(C)N(C)S(=O)(=O)NC/C(N)=N/O. The highest BCUT2D eigenvalue weighted by molar-refractivity contribution is 7.87. The lowest BCUT2D eigenvalue weighted by atomic mass is 10.4. The number of nitrogens with two attached hydrogens (primary N) is 1. The Morgan fingerprint density at radius 3 is 2.50 bits per heavy atom. The van der Waals surface area contributed by atoms with Crippen molar-refractivity contribution in [1.29, 1.82) is 0 Å². The van der Waals surface area contributed by atoms with Crippen molar-refractivity contribution in [2.45, 2.75) is 19.9 Å². The van der Waals surface area contributed by atoms with Crippen molar-refractivity contribution in [3.05, 3.63) is 0 Å². The number of hydrogen-bond acceptors (Lipinski definition) is 4. The topological polar surface area (TPSA) is 108 Å². The summed E-state index contributed by atoms with van der Waals surface area (Å²) in [5.41, 5.74) is 5.11. The molecule has 84 valence electrons. The molecule has 0 atom stereocenters. The zero-order valence-electron chi connectivity index (χ0n) is 8.43. The highest BCUT2D eigenvalue weighted by Crippen LogP contribution is 1.99. The third-order valence-corrected chi connectivity index (χ3v) is 3.36. The summed E-state index contributed by atoms with van der Waals surface area (Å²) < 4.78 is 26.2. The predicted molar refractivity (Wildman–Crippen MR) is 53.2 cm³/mol. The van der Waals surface area contributed by atoms with Crippen LogP contribution >= 0.6 is 0 Å². The molecule has 0 aromatic heterocycles. The summed E-state index contributed by atoms with van der Waals surface area (Å²) in [6.45, 7) is 3.27. The van der Waals surface area contributed by atoms with Gasteiger partial charge in [0.1, 0.15) is 0 Å². The van der Waals surface area contributed by atoms with E-state index in [1.54, 1.807) is 13.8 Å². The molecule has 0 aromatic carbocycles. The Bertz CT molecular complexity index is 298. The third-order valence-electron chi connectivity index (χ3n) is 1.67. The van der Waals surface area contributed by atoms with Crippen LogP contribution in [0.25, 0.3) is 0 Å². The Morgan fingerprint density at radius 1 is 1.64 bits per heavy atom. The Balaban J connectivity index is 4.37. The predicted octanol–water partition coefficient (Wildman–Crippen LogP) is -1.09. The first-order valence-corrected chi connectivity index (χ1v) is 5.44. The van der Waals surface area contributed by atoms with E-state index in [9.17, 15) is 8.42 Å².